The summed E-state index contributed by atoms with van der Waals surface area (Å²) in [4.78, 5) is 0. The van der Waals surface area contributed by atoms with Crippen LogP contribution in [0.25, 0.3) is 0 Å². The Labute approximate surface area is 63.8 Å². The zero-order valence-corrected chi connectivity index (χ0v) is 5.97. The molecule has 1 fully saturated rings. The molecule has 11 heavy (non-hydrogen) atoms. The largest absolute Gasteiger partial charge is 0.394 e. The minimum Gasteiger partial charge on any atom is -0.394 e. The maximum atomic E-state index is 9.23. The van der Waals surface area contributed by atoms with Crippen molar-refractivity contribution in [2.24, 2.45) is 0 Å². The fraction of sp³-hybridized carbons (Fsp3) is 1.00. The van der Waals surface area contributed by atoms with E-state index in [0.29, 0.717) is 0 Å². The second kappa shape index (κ2) is 3.04. The van der Waals surface area contributed by atoms with Gasteiger partial charge in [0.1, 0.15) is 6.10 Å². The zero-order valence-electron chi connectivity index (χ0n) is 5.97. The van der Waals surface area contributed by atoms with Crippen LogP contribution < -0.4 is 0 Å². The number of ether oxygens (including phenoxy) is 1. The van der Waals surface area contributed by atoms with Crippen molar-refractivity contribution in [1.29, 1.82) is 0 Å². The first kappa shape index (κ1) is 8.89. The van der Waals surface area contributed by atoms with Gasteiger partial charge in [-0.05, 0) is 0 Å². The lowest BCUT2D eigenvalue weighted by molar-refractivity contribution is -0.217. The Kier molecular flexibility index (Phi) is 2.46. The Morgan fingerprint density at radius 1 is 1.45 bits per heavy atom. The summed E-state index contributed by atoms with van der Waals surface area (Å²) in [6.45, 7) is -0.927. The van der Waals surface area contributed by atoms with E-state index in [1.54, 1.807) is 0 Å². The molecule has 1 saturated heterocycles. The number of rotatable bonds is 2. The molecule has 1 rings (SSSR count). The predicted octanol–water partition coefficient (Wildman–Crippen LogP) is -2.19. The zero-order chi connectivity index (χ0) is 8.48. The quantitative estimate of drug-likeness (QED) is 0.372. The third kappa shape index (κ3) is 1.69. The molecule has 0 aliphatic carbocycles. The van der Waals surface area contributed by atoms with Crippen LogP contribution in [0.3, 0.4) is 0 Å². The van der Waals surface area contributed by atoms with Crippen LogP contribution in [0.2, 0.25) is 0 Å². The summed E-state index contributed by atoms with van der Waals surface area (Å²) in [6.07, 6.45) is -1.75. The molecule has 0 radical (unpaired) electrons. The molecule has 1 aliphatic rings. The molecular weight excluding hydrogens is 152 g/mol. The summed E-state index contributed by atoms with van der Waals surface area (Å²) in [5.41, 5.74) is 0. The summed E-state index contributed by atoms with van der Waals surface area (Å²) in [5, 5.41) is 35.5. The minimum atomic E-state index is -1.67. The molecule has 1 aliphatic heterocycles. The predicted molar refractivity (Wildman–Crippen MR) is 34.6 cm³/mol. The normalized spacial score (nSPS) is 44.7. The molecular formula is C6H12O5. The van der Waals surface area contributed by atoms with Gasteiger partial charge < -0.3 is 25.2 Å². The smallest absolute Gasteiger partial charge is 0.192 e. The van der Waals surface area contributed by atoms with E-state index >= 15 is 0 Å². The average Bonchev–Trinajstić information content (AvgIpc) is 2.27. The first-order valence-corrected chi connectivity index (χ1v) is 3.41. The van der Waals surface area contributed by atoms with Gasteiger partial charge in [-0.2, -0.15) is 0 Å². The van der Waals surface area contributed by atoms with Crippen LogP contribution in [0.1, 0.15) is 6.42 Å². The molecule has 0 aromatic rings. The molecule has 3 atom stereocenters. The summed E-state index contributed by atoms with van der Waals surface area (Å²) in [7, 11) is 0. The van der Waals surface area contributed by atoms with Gasteiger partial charge in [0, 0.05) is 6.42 Å². The second-order valence-electron chi connectivity index (χ2n) is 2.71. The van der Waals surface area contributed by atoms with Gasteiger partial charge in [0.2, 0.25) is 0 Å². The summed E-state index contributed by atoms with van der Waals surface area (Å²) in [6, 6.07) is 0. The van der Waals surface area contributed by atoms with E-state index in [4.69, 9.17) is 20.1 Å². The number of aliphatic hydroxyl groups is 4. The molecule has 4 N–H and O–H groups in total. The highest BCUT2D eigenvalue weighted by molar-refractivity contribution is 4.85. The highest BCUT2D eigenvalue weighted by atomic mass is 16.7. The van der Waals surface area contributed by atoms with E-state index in [9.17, 15) is 5.11 Å². The maximum Gasteiger partial charge on any atom is 0.192 e. The fourth-order valence-corrected chi connectivity index (χ4v) is 1.13. The van der Waals surface area contributed by atoms with Crippen LogP contribution in [-0.4, -0.2) is 51.6 Å². The van der Waals surface area contributed by atoms with E-state index in [-0.39, 0.29) is 13.0 Å². The van der Waals surface area contributed by atoms with Crippen LogP contribution in [0.15, 0.2) is 0 Å². The van der Waals surface area contributed by atoms with Gasteiger partial charge in [-0.3, -0.25) is 0 Å². The van der Waals surface area contributed by atoms with Gasteiger partial charge in [0.05, 0.1) is 19.3 Å². The maximum absolute atomic E-state index is 9.23. The van der Waals surface area contributed by atoms with E-state index < -0.39 is 24.6 Å². The topological polar surface area (TPSA) is 90.2 Å². The van der Waals surface area contributed by atoms with Crippen LogP contribution in [0, 0.1) is 0 Å². The van der Waals surface area contributed by atoms with Gasteiger partial charge in [-0.15, -0.1) is 0 Å². The van der Waals surface area contributed by atoms with Gasteiger partial charge in [0.15, 0.2) is 5.79 Å². The first-order chi connectivity index (χ1) is 5.11. The lowest BCUT2D eigenvalue weighted by Gasteiger charge is -2.18. The summed E-state index contributed by atoms with van der Waals surface area (Å²) in [5.74, 6) is -1.67. The van der Waals surface area contributed by atoms with Gasteiger partial charge in [-0.1, -0.05) is 0 Å². The van der Waals surface area contributed by atoms with Gasteiger partial charge in [0.25, 0.3) is 0 Å². The number of aliphatic hydroxyl groups excluding tert-OH is 3. The van der Waals surface area contributed by atoms with E-state index in [1.165, 1.54) is 0 Å². The van der Waals surface area contributed by atoms with Crippen molar-refractivity contribution in [3.8, 4) is 0 Å². The van der Waals surface area contributed by atoms with Crippen molar-refractivity contribution in [2.45, 2.75) is 24.4 Å². The molecule has 5 heteroatoms. The second-order valence-corrected chi connectivity index (χ2v) is 2.71. The Balaban J connectivity index is 2.55. The van der Waals surface area contributed by atoms with Crippen molar-refractivity contribution < 1.29 is 25.2 Å². The third-order valence-corrected chi connectivity index (χ3v) is 1.76. The molecule has 5 nitrogen and oxygen atoms in total. The summed E-state index contributed by atoms with van der Waals surface area (Å²) >= 11 is 0. The Morgan fingerprint density at radius 3 is 2.36 bits per heavy atom. The standard InChI is InChI=1S/C6H12O5/c7-2-5-4(9)1-6(10,3-8)11-5/h4-5,7-10H,1-3H2/t4-,5-,6?/m0/s1. The Morgan fingerprint density at radius 2 is 2.09 bits per heavy atom. The molecule has 0 saturated carbocycles. The average molecular weight is 164 g/mol. The lowest BCUT2D eigenvalue weighted by atomic mass is 10.1. The molecule has 0 spiro atoms. The highest BCUT2D eigenvalue weighted by Gasteiger charge is 2.43. The Bertz CT molecular complexity index is 139. The first-order valence-electron chi connectivity index (χ1n) is 3.41. The van der Waals surface area contributed by atoms with Crippen molar-refractivity contribution in [2.75, 3.05) is 13.2 Å². The molecule has 1 heterocycles. The van der Waals surface area contributed by atoms with E-state index in [0.717, 1.165) is 0 Å². The summed E-state index contributed by atoms with van der Waals surface area (Å²) < 4.78 is 4.77. The molecule has 0 aromatic carbocycles. The monoisotopic (exact) mass is 164 g/mol. The van der Waals surface area contributed by atoms with Crippen LogP contribution in [0.4, 0.5) is 0 Å². The van der Waals surface area contributed by atoms with Crippen molar-refractivity contribution in [3.63, 3.8) is 0 Å². The lowest BCUT2D eigenvalue weighted by Crippen LogP contribution is -2.33. The van der Waals surface area contributed by atoms with Crippen molar-refractivity contribution >= 4 is 0 Å². The van der Waals surface area contributed by atoms with Gasteiger partial charge in [-0.25, -0.2) is 0 Å². The fourth-order valence-electron chi connectivity index (χ4n) is 1.13. The Hall–Kier alpha value is -0.200. The van der Waals surface area contributed by atoms with Crippen molar-refractivity contribution in [1.82, 2.24) is 0 Å². The van der Waals surface area contributed by atoms with Crippen LogP contribution in [-0.2, 0) is 4.74 Å². The van der Waals surface area contributed by atoms with E-state index in [1.807, 2.05) is 0 Å². The van der Waals surface area contributed by atoms with E-state index in [2.05, 4.69) is 0 Å². The number of hydrogen-bond acceptors (Lipinski definition) is 5. The molecule has 0 bridgehead atoms. The number of hydrogen-bond donors (Lipinski definition) is 4. The molecule has 1 unspecified atom stereocenters. The highest BCUT2D eigenvalue weighted by Crippen LogP contribution is 2.27. The molecule has 0 amide bonds. The third-order valence-electron chi connectivity index (χ3n) is 1.76. The molecule has 66 valence electrons. The van der Waals surface area contributed by atoms with Crippen LogP contribution >= 0.6 is 0 Å². The van der Waals surface area contributed by atoms with Crippen LogP contribution in [0.5, 0.6) is 0 Å². The van der Waals surface area contributed by atoms with Gasteiger partial charge >= 0.3 is 0 Å². The minimum absolute atomic E-state index is 0.0608. The SMILES string of the molecule is OC[C@@H]1OC(O)(CO)C[C@@H]1O. The van der Waals surface area contributed by atoms with Crippen molar-refractivity contribution in [3.05, 3.63) is 0 Å². The molecule has 0 aromatic heterocycles.